The normalized spacial score (nSPS) is 18.6. The van der Waals surface area contributed by atoms with Crippen LogP contribution in [-0.2, 0) is 11.2 Å². The number of nitrogens with zero attached hydrogens (tertiary/aromatic N) is 1. The molecule has 2 aromatic rings. The molecule has 0 saturated carbocycles. The highest BCUT2D eigenvalue weighted by molar-refractivity contribution is 7.15. The zero-order valence-corrected chi connectivity index (χ0v) is 12.4. The van der Waals surface area contributed by atoms with Crippen LogP contribution in [0.25, 0.3) is 10.4 Å². The highest BCUT2D eigenvalue weighted by Crippen LogP contribution is 2.32. The summed E-state index contributed by atoms with van der Waals surface area (Å²) in [4.78, 5) is 16.5. The lowest BCUT2D eigenvalue weighted by Crippen LogP contribution is -2.21. The standard InChI is InChI=1S/C16H17NO3S/c18-16(19)14-15(11-6-2-1-3-7-11)21-13(17-14)10-12-8-4-5-9-20-12/h1-3,6-7,12H,4-5,8-10H2,(H,18,19). The maximum absolute atomic E-state index is 11.4. The van der Waals surface area contributed by atoms with Gasteiger partial charge >= 0.3 is 5.97 Å². The number of carboxylic acid groups (broad SMARTS) is 1. The van der Waals surface area contributed by atoms with Crippen LogP contribution >= 0.6 is 11.3 Å². The molecule has 2 heterocycles. The maximum Gasteiger partial charge on any atom is 0.356 e. The summed E-state index contributed by atoms with van der Waals surface area (Å²) in [5.41, 5.74) is 1.06. The van der Waals surface area contributed by atoms with Gasteiger partial charge < -0.3 is 9.84 Å². The van der Waals surface area contributed by atoms with E-state index in [0.717, 1.165) is 34.9 Å². The summed E-state index contributed by atoms with van der Waals surface area (Å²) in [7, 11) is 0. The van der Waals surface area contributed by atoms with Crippen molar-refractivity contribution >= 4 is 17.3 Å². The molecule has 1 aliphatic heterocycles. The quantitative estimate of drug-likeness (QED) is 0.937. The highest BCUT2D eigenvalue weighted by Gasteiger charge is 2.22. The summed E-state index contributed by atoms with van der Waals surface area (Å²) in [6.45, 7) is 0.799. The first kappa shape index (κ1) is 14.2. The number of aromatic carboxylic acids is 1. The number of carboxylic acids is 1. The molecule has 1 aliphatic rings. The van der Waals surface area contributed by atoms with Crippen LogP contribution in [0, 0.1) is 0 Å². The van der Waals surface area contributed by atoms with Crippen molar-refractivity contribution in [1.82, 2.24) is 4.98 Å². The third-order valence-electron chi connectivity index (χ3n) is 3.59. The molecule has 4 nitrogen and oxygen atoms in total. The van der Waals surface area contributed by atoms with Gasteiger partial charge in [0.1, 0.15) is 0 Å². The van der Waals surface area contributed by atoms with Crippen LogP contribution in [0.5, 0.6) is 0 Å². The largest absolute Gasteiger partial charge is 0.476 e. The average Bonchev–Trinajstić information content (AvgIpc) is 2.93. The van der Waals surface area contributed by atoms with Gasteiger partial charge in [-0.15, -0.1) is 11.3 Å². The number of hydrogen-bond acceptors (Lipinski definition) is 4. The summed E-state index contributed by atoms with van der Waals surface area (Å²) in [6, 6.07) is 9.57. The van der Waals surface area contributed by atoms with Crippen molar-refractivity contribution in [2.24, 2.45) is 0 Å². The molecular formula is C16H17NO3S. The van der Waals surface area contributed by atoms with Crippen LogP contribution < -0.4 is 0 Å². The lowest BCUT2D eigenvalue weighted by Gasteiger charge is -2.21. The third kappa shape index (κ3) is 3.31. The third-order valence-corrected chi connectivity index (χ3v) is 4.71. The van der Waals surface area contributed by atoms with Crippen LogP contribution in [0.3, 0.4) is 0 Å². The first-order valence-electron chi connectivity index (χ1n) is 7.14. The van der Waals surface area contributed by atoms with E-state index in [-0.39, 0.29) is 11.8 Å². The Morgan fingerprint density at radius 1 is 1.33 bits per heavy atom. The van der Waals surface area contributed by atoms with E-state index in [2.05, 4.69) is 4.98 Å². The molecule has 1 N–H and O–H groups in total. The molecule has 0 spiro atoms. The van der Waals surface area contributed by atoms with Crippen molar-refractivity contribution in [3.8, 4) is 10.4 Å². The van der Waals surface area contributed by atoms with Gasteiger partial charge in [-0.25, -0.2) is 9.78 Å². The van der Waals surface area contributed by atoms with E-state index in [1.807, 2.05) is 30.3 Å². The molecule has 3 rings (SSSR count). The number of carbonyl (C=O) groups is 1. The zero-order chi connectivity index (χ0) is 14.7. The fourth-order valence-corrected chi connectivity index (χ4v) is 3.67. The average molecular weight is 303 g/mol. The van der Waals surface area contributed by atoms with E-state index in [1.54, 1.807) is 0 Å². The predicted molar refractivity (Wildman–Crippen MR) is 81.8 cm³/mol. The summed E-state index contributed by atoms with van der Waals surface area (Å²) >= 11 is 1.46. The molecule has 1 aromatic carbocycles. The molecule has 1 saturated heterocycles. The van der Waals surface area contributed by atoms with Crippen molar-refractivity contribution in [3.63, 3.8) is 0 Å². The van der Waals surface area contributed by atoms with Gasteiger partial charge in [0.25, 0.3) is 0 Å². The van der Waals surface area contributed by atoms with Gasteiger partial charge in [-0.3, -0.25) is 0 Å². The Kier molecular flexibility index (Phi) is 4.31. The first-order valence-corrected chi connectivity index (χ1v) is 7.95. The summed E-state index contributed by atoms with van der Waals surface area (Å²) in [5.74, 6) is -0.971. The van der Waals surface area contributed by atoms with Crippen LogP contribution in [0.1, 0.15) is 34.8 Å². The second-order valence-electron chi connectivity index (χ2n) is 5.15. The molecular weight excluding hydrogens is 286 g/mol. The Labute approximate surface area is 127 Å². The minimum absolute atomic E-state index is 0.150. The fraction of sp³-hybridized carbons (Fsp3) is 0.375. The van der Waals surface area contributed by atoms with Gasteiger partial charge in [0.15, 0.2) is 5.69 Å². The second-order valence-corrected chi connectivity index (χ2v) is 6.23. The van der Waals surface area contributed by atoms with E-state index < -0.39 is 5.97 Å². The van der Waals surface area contributed by atoms with Crippen molar-refractivity contribution < 1.29 is 14.6 Å². The van der Waals surface area contributed by atoms with Crippen LogP contribution in [0.4, 0.5) is 0 Å². The SMILES string of the molecule is O=C(O)c1nc(CC2CCCCO2)sc1-c1ccccc1. The van der Waals surface area contributed by atoms with E-state index in [0.29, 0.717) is 6.42 Å². The van der Waals surface area contributed by atoms with Gasteiger partial charge in [-0.05, 0) is 24.8 Å². The van der Waals surface area contributed by atoms with Crippen LogP contribution in [0.2, 0.25) is 0 Å². The summed E-state index contributed by atoms with van der Waals surface area (Å²) in [6.07, 6.45) is 4.20. The second kappa shape index (κ2) is 6.37. The molecule has 1 unspecified atom stereocenters. The number of hydrogen-bond donors (Lipinski definition) is 1. The highest BCUT2D eigenvalue weighted by atomic mass is 32.1. The number of ether oxygens (including phenoxy) is 1. The molecule has 21 heavy (non-hydrogen) atoms. The van der Waals surface area contributed by atoms with Crippen molar-refractivity contribution in [2.75, 3.05) is 6.61 Å². The van der Waals surface area contributed by atoms with E-state index in [9.17, 15) is 9.90 Å². The Bertz CT molecular complexity index is 618. The van der Waals surface area contributed by atoms with Crippen molar-refractivity contribution in [2.45, 2.75) is 31.8 Å². The molecule has 5 heteroatoms. The van der Waals surface area contributed by atoms with Crippen LogP contribution in [-0.4, -0.2) is 28.8 Å². The van der Waals surface area contributed by atoms with E-state index in [4.69, 9.17) is 4.74 Å². The van der Waals surface area contributed by atoms with Gasteiger partial charge in [0.2, 0.25) is 0 Å². The lowest BCUT2D eigenvalue weighted by atomic mass is 10.1. The Morgan fingerprint density at radius 2 is 2.14 bits per heavy atom. The van der Waals surface area contributed by atoms with Gasteiger partial charge in [0.05, 0.1) is 16.0 Å². The zero-order valence-electron chi connectivity index (χ0n) is 11.6. The lowest BCUT2D eigenvalue weighted by molar-refractivity contribution is 0.0167. The molecule has 110 valence electrons. The summed E-state index contributed by atoms with van der Waals surface area (Å²) < 4.78 is 5.72. The Balaban J connectivity index is 1.87. The topological polar surface area (TPSA) is 59.4 Å². The fourth-order valence-electron chi connectivity index (χ4n) is 2.55. The van der Waals surface area contributed by atoms with Gasteiger partial charge in [-0.1, -0.05) is 30.3 Å². The maximum atomic E-state index is 11.4. The Hall–Kier alpha value is -1.72. The number of rotatable bonds is 4. The minimum atomic E-state index is -0.971. The van der Waals surface area contributed by atoms with Crippen molar-refractivity contribution in [3.05, 3.63) is 41.0 Å². The van der Waals surface area contributed by atoms with Gasteiger partial charge in [-0.2, -0.15) is 0 Å². The first-order chi connectivity index (χ1) is 10.2. The minimum Gasteiger partial charge on any atom is -0.476 e. The molecule has 1 aromatic heterocycles. The monoisotopic (exact) mass is 303 g/mol. The molecule has 1 fully saturated rings. The molecule has 0 aliphatic carbocycles. The molecule has 1 atom stereocenters. The number of thiazole rings is 1. The van der Waals surface area contributed by atoms with E-state index in [1.165, 1.54) is 17.8 Å². The van der Waals surface area contributed by atoms with E-state index >= 15 is 0 Å². The number of aromatic nitrogens is 1. The molecule has 0 radical (unpaired) electrons. The molecule has 0 amide bonds. The van der Waals surface area contributed by atoms with Crippen LogP contribution in [0.15, 0.2) is 30.3 Å². The van der Waals surface area contributed by atoms with Crippen molar-refractivity contribution in [1.29, 1.82) is 0 Å². The Morgan fingerprint density at radius 3 is 2.81 bits per heavy atom. The smallest absolute Gasteiger partial charge is 0.356 e. The number of benzene rings is 1. The predicted octanol–water partition coefficient (Wildman–Crippen LogP) is 3.62. The molecule has 0 bridgehead atoms. The van der Waals surface area contributed by atoms with Gasteiger partial charge in [0, 0.05) is 13.0 Å². The summed E-state index contributed by atoms with van der Waals surface area (Å²) in [5, 5.41) is 10.2.